The largest absolute Gasteiger partial charge is 0.395 e. The third-order valence-electron chi connectivity index (χ3n) is 2.31. The average molecular weight is 308 g/mol. The van der Waals surface area contributed by atoms with Crippen LogP contribution in [0.1, 0.15) is 17.5 Å². The Morgan fingerprint density at radius 1 is 1.24 bits per heavy atom. The molecule has 0 aliphatic carbocycles. The summed E-state index contributed by atoms with van der Waals surface area (Å²) in [4.78, 5) is 0. The van der Waals surface area contributed by atoms with E-state index in [1.807, 2.05) is 0 Å². The molecule has 0 aliphatic rings. The second-order valence-corrected chi connectivity index (χ2v) is 4.18. The number of hydrogen-bond donors (Lipinski definition) is 1. The minimum atomic E-state index is -4.24. The lowest BCUT2D eigenvalue weighted by Gasteiger charge is -2.15. The van der Waals surface area contributed by atoms with Gasteiger partial charge in [0.2, 0.25) is 0 Å². The predicted octanol–water partition coefficient (Wildman–Crippen LogP) is 2.98. The highest BCUT2D eigenvalue weighted by molar-refractivity contribution is 5.37. The summed E-state index contributed by atoms with van der Waals surface area (Å²) in [6, 6.07) is 3.56. The van der Waals surface area contributed by atoms with Crippen LogP contribution in [-0.2, 0) is 11.3 Å². The molecule has 1 rings (SSSR count). The number of ether oxygens (including phenoxy) is 1. The van der Waals surface area contributed by atoms with Gasteiger partial charge in [-0.3, -0.25) is 0 Å². The molecule has 0 fully saturated rings. The Morgan fingerprint density at radius 2 is 1.95 bits per heavy atom. The molecule has 0 atom stereocenters. The second kappa shape index (κ2) is 7.96. The van der Waals surface area contributed by atoms with E-state index >= 15 is 0 Å². The highest BCUT2D eigenvalue weighted by atomic mass is 19.3. The Bertz CT molecular complexity index is 520. The maximum Gasteiger partial charge on any atom is 0.330 e. The molecule has 0 amide bonds. The molecule has 1 N–H and O–H groups in total. The average Bonchev–Trinajstić information content (AvgIpc) is 2.38. The van der Waals surface area contributed by atoms with Crippen molar-refractivity contribution in [2.45, 2.75) is 25.4 Å². The molecule has 0 saturated carbocycles. The number of alkyl halides is 4. The van der Waals surface area contributed by atoms with Gasteiger partial charge in [-0.05, 0) is 23.8 Å². The topological polar surface area (TPSA) is 29.5 Å². The molecule has 7 heteroatoms. The predicted molar refractivity (Wildman–Crippen MR) is 65.6 cm³/mol. The number of rotatable bonds is 6. The molecule has 0 heterocycles. The fraction of sp³-hybridized carbons (Fsp3) is 0.429. The van der Waals surface area contributed by atoms with E-state index in [0.29, 0.717) is 0 Å². The van der Waals surface area contributed by atoms with Gasteiger partial charge in [0.05, 0.1) is 13.2 Å². The number of aliphatic hydroxyl groups excluding tert-OH is 1. The SMILES string of the molecule is OCCC#Cc1cc(F)cc(COCC(F)(F)C(F)F)c1. The van der Waals surface area contributed by atoms with Gasteiger partial charge in [-0.15, -0.1) is 0 Å². The monoisotopic (exact) mass is 308 g/mol. The Balaban J connectivity index is 2.66. The van der Waals surface area contributed by atoms with E-state index in [9.17, 15) is 22.0 Å². The second-order valence-electron chi connectivity index (χ2n) is 4.18. The van der Waals surface area contributed by atoms with E-state index in [1.165, 1.54) is 6.07 Å². The molecule has 0 aliphatic heterocycles. The third-order valence-corrected chi connectivity index (χ3v) is 2.31. The van der Waals surface area contributed by atoms with E-state index in [1.54, 1.807) is 0 Å². The zero-order chi connectivity index (χ0) is 15.9. The Morgan fingerprint density at radius 3 is 2.57 bits per heavy atom. The highest BCUT2D eigenvalue weighted by Gasteiger charge is 2.40. The molecule has 0 aromatic heterocycles. The lowest BCUT2D eigenvalue weighted by molar-refractivity contribution is -0.168. The number of hydrogen-bond acceptors (Lipinski definition) is 2. The van der Waals surface area contributed by atoms with Gasteiger partial charge >= 0.3 is 12.3 Å². The number of aliphatic hydroxyl groups is 1. The molecule has 116 valence electrons. The standard InChI is InChI=1S/C14H13F5O2/c15-12-6-10(3-1-2-4-20)5-11(7-12)8-21-9-14(18,19)13(16)17/h5-7,13,20H,2,4,8-9H2. The van der Waals surface area contributed by atoms with Gasteiger partial charge in [0.1, 0.15) is 12.4 Å². The van der Waals surface area contributed by atoms with Crippen molar-refractivity contribution < 1.29 is 31.8 Å². The van der Waals surface area contributed by atoms with Crippen LogP contribution in [-0.4, -0.2) is 30.7 Å². The van der Waals surface area contributed by atoms with Gasteiger partial charge < -0.3 is 9.84 Å². The van der Waals surface area contributed by atoms with Crippen LogP contribution in [0.4, 0.5) is 22.0 Å². The molecule has 21 heavy (non-hydrogen) atoms. The van der Waals surface area contributed by atoms with E-state index in [2.05, 4.69) is 16.6 Å². The van der Waals surface area contributed by atoms with Crippen LogP contribution < -0.4 is 0 Å². The van der Waals surface area contributed by atoms with E-state index in [4.69, 9.17) is 5.11 Å². The molecule has 1 aromatic rings. The quantitative estimate of drug-likeness (QED) is 0.647. The molecule has 2 nitrogen and oxygen atoms in total. The summed E-state index contributed by atoms with van der Waals surface area (Å²) in [7, 11) is 0. The van der Waals surface area contributed by atoms with E-state index in [-0.39, 0.29) is 24.2 Å². The first-order valence-electron chi connectivity index (χ1n) is 5.98. The fourth-order valence-electron chi connectivity index (χ4n) is 1.39. The zero-order valence-corrected chi connectivity index (χ0v) is 10.9. The van der Waals surface area contributed by atoms with Crippen molar-refractivity contribution in [2.75, 3.05) is 13.2 Å². The van der Waals surface area contributed by atoms with Crippen molar-refractivity contribution in [2.24, 2.45) is 0 Å². The van der Waals surface area contributed by atoms with Crippen LogP contribution in [0.2, 0.25) is 0 Å². The fourth-order valence-corrected chi connectivity index (χ4v) is 1.39. The molecule has 0 unspecified atom stereocenters. The Labute approximate surface area is 118 Å². The van der Waals surface area contributed by atoms with E-state index < -0.39 is 31.4 Å². The van der Waals surface area contributed by atoms with Gasteiger partial charge in [-0.2, -0.15) is 8.78 Å². The summed E-state index contributed by atoms with van der Waals surface area (Å²) in [6.45, 7) is -2.03. The van der Waals surface area contributed by atoms with Gasteiger partial charge in [-0.1, -0.05) is 11.8 Å². The normalized spacial score (nSPS) is 11.4. The summed E-state index contributed by atoms with van der Waals surface area (Å²) >= 11 is 0. The molecule has 0 saturated heterocycles. The van der Waals surface area contributed by atoms with Gasteiger partial charge in [0.15, 0.2) is 0 Å². The summed E-state index contributed by atoms with van der Waals surface area (Å²) in [5, 5.41) is 8.56. The lowest BCUT2D eigenvalue weighted by Crippen LogP contribution is -2.32. The summed E-state index contributed by atoms with van der Waals surface area (Å²) < 4.78 is 66.8. The van der Waals surface area contributed by atoms with Crippen LogP contribution in [0.3, 0.4) is 0 Å². The van der Waals surface area contributed by atoms with Crippen LogP contribution in [0.5, 0.6) is 0 Å². The van der Waals surface area contributed by atoms with Crippen molar-refractivity contribution in [3.63, 3.8) is 0 Å². The van der Waals surface area contributed by atoms with Crippen molar-refractivity contribution in [3.8, 4) is 11.8 Å². The summed E-state index contributed by atoms with van der Waals surface area (Å²) in [5.41, 5.74) is 0.482. The van der Waals surface area contributed by atoms with Crippen molar-refractivity contribution in [3.05, 3.63) is 35.1 Å². The first-order valence-corrected chi connectivity index (χ1v) is 5.98. The number of halogens is 5. The Kier molecular flexibility index (Phi) is 6.59. The van der Waals surface area contributed by atoms with Crippen molar-refractivity contribution >= 4 is 0 Å². The van der Waals surface area contributed by atoms with Crippen molar-refractivity contribution in [1.82, 2.24) is 0 Å². The van der Waals surface area contributed by atoms with Crippen molar-refractivity contribution in [1.29, 1.82) is 0 Å². The Hall–Kier alpha value is -1.65. The minimum Gasteiger partial charge on any atom is -0.395 e. The third kappa shape index (κ3) is 6.10. The van der Waals surface area contributed by atoms with Crippen LogP contribution in [0, 0.1) is 17.7 Å². The molecule has 0 bridgehead atoms. The van der Waals surface area contributed by atoms with Crippen LogP contribution >= 0.6 is 0 Å². The molecule has 0 spiro atoms. The molecular formula is C14H13F5O2. The van der Waals surface area contributed by atoms with Gasteiger partial charge in [-0.25, -0.2) is 13.2 Å². The first kappa shape index (κ1) is 17.4. The minimum absolute atomic E-state index is 0.138. The molecular weight excluding hydrogens is 295 g/mol. The maximum atomic E-state index is 13.3. The molecule has 1 aromatic carbocycles. The van der Waals surface area contributed by atoms with Gasteiger partial charge in [0.25, 0.3) is 0 Å². The highest BCUT2D eigenvalue weighted by Crippen LogP contribution is 2.23. The smallest absolute Gasteiger partial charge is 0.330 e. The number of benzene rings is 1. The zero-order valence-electron chi connectivity index (χ0n) is 10.9. The van der Waals surface area contributed by atoms with E-state index in [0.717, 1.165) is 12.1 Å². The first-order chi connectivity index (χ1) is 9.85. The summed E-state index contributed by atoms with van der Waals surface area (Å²) in [6.07, 6.45) is -3.60. The van der Waals surface area contributed by atoms with Crippen LogP contribution in [0.15, 0.2) is 18.2 Å². The van der Waals surface area contributed by atoms with Gasteiger partial charge in [0, 0.05) is 12.0 Å². The molecule has 0 radical (unpaired) electrons. The maximum absolute atomic E-state index is 13.3. The lowest BCUT2D eigenvalue weighted by atomic mass is 10.1. The van der Waals surface area contributed by atoms with Crippen LogP contribution in [0.25, 0.3) is 0 Å². The summed E-state index contributed by atoms with van der Waals surface area (Å²) in [5.74, 6) is 0.265.